The van der Waals surface area contributed by atoms with E-state index >= 15 is 0 Å². The van der Waals surface area contributed by atoms with Crippen molar-refractivity contribution in [3.8, 4) is 12.3 Å². The van der Waals surface area contributed by atoms with Gasteiger partial charge in [-0.1, -0.05) is 33.9 Å². The van der Waals surface area contributed by atoms with Crippen LogP contribution < -0.4 is 0 Å². The Hall–Kier alpha value is -1.97. The molecule has 3 aliphatic rings. The zero-order valence-electron chi connectivity index (χ0n) is 18.5. The number of sulfone groups is 1. The van der Waals surface area contributed by atoms with Gasteiger partial charge in [-0.05, 0) is 53.7 Å². The molecule has 0 radical (unpaired) electrons. The molecule has 0 bridgehead atoms. The highest BCUT2D eigenvalue weighted by molar-refractivity contribution is 7.95. The average molecular weight is 443 g/mol. The number of unbranched alkanes of at least 4 members (excludes halogenated alkanes) is 2. The second-order valence-corrected chi connectivity index (χ2v) is 17.5. The van der Waals surface area contributed by atoms with Crippen molar-refractivity contribution in [2.45, 2.75) is 70.1 Å². The third kappa shape index (κ3) is 3.63. The minimum Gasteiger partial charge on any atom is -0.290 e. The van der Waals surface area contributed by atoms with Crippen molar-refractivity contribution in [1.82, 2.24) is 0 Å². The first-order valence-corrected chi connectivity index (χ1v) is 15.2. The number of fused-ring (bicyclic) bond motifs is 1. The van der Waals surface area contributed by atoms with E-state index in [2.05, 4.69) is 39.8 Å². The highest BCUT2D eigenvalue weighted by Crippen LogP contribution is 2.57. The lowest BCUT2D eigenvalue weighted by atomic mass is 9.81. The summed E-state index contributed by atoms with van der Waals surface area (Å²) in [7, 11) is -5.75. The Morgan fingerprint density at radius 3 is 2.33 bits per heavy atom. The molecule has 0 aromatic heterocycles. The zero-order chi connectivity index (χ0) is 22.5. The van der Waals surface area contributed by atoms with Crippen LogP contribution in [-0.4, -0.2) is 33.8 Å². The van der Waals surface area contributed by atoms with E-state index < -0.39 is 17.9 Å². The number of allylic oxidation sites excluding steroid dienone is 7. The molecule has 30 heavy (non-hydrogen) atoms. The van der Waals surface area contributed by atoms with Crippen molar-refractivity contribution in [2.75, 3.05) is 5.75 Å². The van der Waals surface area contributed by atoms with Crippen LogP contribution in [0.2, 0.25) is 23.7 Å². The summed E-state index contributed by atoms with van der Waals surface area (Å²) in [5, 5.41) is -0.101. The minimum absolute atomic E-state index is 0.0834. The van der Waals surface area contributed by atoms with Crippen molar-refractivity contribution in [2.24, 2.45) is 0 Å². The summed E-state index contributed by atoms with van der Waals surface area (Å²) >= 11 is 0. The third-order valence-electron chi connectivity index (χ3n) is 7.10. The van der Waals surface area contributed by atoms with Gasteiger partial charge in [-0.2, -0.15) is 0 Å². The number of terminal acetylenes is 1. The van der Waals surface area contributed by atoms with Crippen LogP contribution in [0.1, 0.15) is 46.5 Å². The Kier molecular flexibility index (Phi) is 5.76. The summed E-state index contributed by atoms with van der Waals surface area (Å²) in [5.41, 5.74) is 2.09. The Bertz CT molecular complexity index is 1080. The van der Waals surface area contributed by atoms with Gasteiger partial charge in [0, 0.05) is 28.0 Å². The Morgan fingerprint density at radius 1 is 1.10 bits per heavy atom. The summed E-state index contributed by atoms with van der Waals surface area (Å²) in [6.45, 7) is 10.9. The van der Waals surface area contributed by atoms with Gasteiger partial charge in [-0.15, -0.1) is 12.3 Å². The van der Waals surface area contributed by atoms with Gasteiger partial charge in [-0.25, -0.2) is 8.42 Å². The van der Waals surface area contributed by atoms with Crippen LogP contribution in [0.25, 0.3) is 0 Å². The van der Waals surface area contributed by atoms with Gasteiger partial charge < -0.3 is 0 Å². The fraction of sp³-hybridized carbons (Fsp3) is 0.500. The van der Waals surface area contributed by atoms with Crippen LogP contribution in [0.4, 0.5) is 0 Å². The molecular formula is C24H30O4SSi. The van der Waals surface area contributed by atoms with E-state index in [1.165, 1.54) is 12.2 Å². The van der Waals surface area contributed by atoms with E-state index in [4.69, 9.17) is 6.42 Å². The van der Waals surface area contributed by atoms with E-state index in [-0.39, 0.29) is 27.9 Å². The molecule has 0 amide bonds. The summed E-state index contributed by atoms with van der Waals surface area (Å²) in [5.74, 6) is 2.14. The standard InChI is InChI=1S/C24H30O4SSi/c1-7-8-9-10-11-20-21-16(15-29(20,27)28)14-17-18(25)12-13-19(26)22(17)23(21)30(5,6)24(2,3)4/h1,12-14,23H,8-11,15H2,2-6H3. The maximum absolute atomic E-state index is 13.2. The van der Waals surface area contributed by atoms with Crippen LogP contribution in [-0.2, 0) is 19.4 Å². The van der Waals surface area contributed by atoms with E-state index in [1.54, 1.807) is 6.08 Å². The van der Waals surface area contributed by atoms with Gasteiger partial charge in [0.2, 0.25) is 0 Å². The second-order valence-electron chi connectivity index (χ2n) is 9.97. The molecule has 0 aromatic carbocycles. The second kappa shape index (κ2) is 7.62. The summed E-state index contributed by atoms with van der Waals surface area (Å²) in [6.07, 6.45) is 12.2. The van der Waals surface area contributed by atoms with Crippen molar-refractivity contribution in [3.63, 3.8) is 0 Å². The molecular weight excluding hydrogens is 412 g/mol. The molecule has 0 aromatic rings. The smallest absolute Gasteiger partial charge is 0.186 e. The van der Waals surface area contributed by atoms with Gasteiger partial charge in [0.05, 0.1) is 13.8 Å². The van der Waals surface area contributed by atoms with Gasteiger partial charge >= 0.3 is 0 Å². The maximum atomic E-state index is 13.2. The van der Waals surface area contributed by atoms with E-state index in [1.807, 2.05) is 0 Å². The number of hydrogen-bond acceptors (Lipinski definition) is 4. The molecule has 1 unspecified atom stereocenters. The van der Waals surface area contributed by atoms with Crippen LogP contribution in [0.3, 0.4) is 0 Å². The SMILES string of the molecule is C#CCCCCC1=C2C(=CC3=C(C(=O)C=CC3=O)C2[Si](C)(C)C(C)(C)C)CS1(=O)=O. The average Bonchev–Trinajstić information content (AvgIpc) is 2.88. The van der Waals surface area contributed by atoms with E-state index in [0.29, 0.717) is 40.9 Å². The Labute approximate surface area is 181 Å². The molecule has 0 spiro atoms. The predicted molar refractivity (Wildman–Crippen MR) is 123 cm³/mol. The zero-order valence-corrected chi connectivity index (χ0v) is 20.3. The predicted octanol–water partition coefficient (Wildman–Crippen LogP) is 4.69. The number of carbonyl (C=O) groups is 2. The molecule has 0 fully saturated rings. The topological polar surface area (TPSA) is 68.3 Å². The summed E-state index contributed by atoms with van der Waals surface area (Å²) < 4.78 is 26.3. The molecule has 0 saturated carbocycles. The first kappa shape index (κ1) is 22.7. The lowest BCUT2D eigenvalue weighted by Gasteiger charge is -2.46. The lowest BCUT2D eigenvalue weighted by molar-refractivity contribution is -0.115. The molecule has 4 nitrogen and oxygen atoms in total. The molecule has 160 valence electrons. The maximum Gasteiger partial charge on any atom is 0.186 e. The molecule has 1 heterocycles. The summed E-state index contributed by atoms with van der Waals surface area (Å²) in [6, 6.07) is 0. The molecule has 2 aliphatic carbocycles. The largest absolute Gasteiger partial charge is 0.290 e. The molecule has 1 atom stereocenters. The highest BCUT2D eigenvalue weighted by Gasteiger charge is 2.53. The fourth-order valence-corrected chi connectivity index (χ4v) is 9.43. The number of rotatable bonds is 5. The van der Waals surface area contributed by atoms with Crippen molar-refractivity contribution in [3.05, 3.63) is 45.4 Å². The number of hydrogen-bond donors (Lipinski definition) is 0. The van der Waals surface area contributed by atoms with Gasteiger partial charge in [0.1, 0.15) is 0 Å². The van der Waals surface area contributed by atoms with E-state index in [9.17, 15) is 18.0 Å². The van der Waals surface area contributed by atoms with Crippen molar-refractivity contribution < 1.29 is 18.0 Å². The van der Waals surface area contributed by atoms with Gasteiger partial charge in [-0.3, -0.25) is 9.59 Å². The van der Waals surface area contributed by atoms with Crippen LogP contribution in [0.15, 0.2) is 45.4 Å². The van der Waals surface area contributed by atoms with Crippen LogP contribution in [0, 0.1) is 12.3 Å². The number of ketones is 2. The monoisotopic (exact) mass is 442 g/mol. The van der Waals surface area contributed by atoms with Gasteiger partial charge in [0.15, 0.2) is 21.4 Å². The van der Waals surface area contributed by atoms with E-state index in [0.717, 1.165) is 12.0 Å². The number of carbonyl (C=O) groups excluding carboxylic acids is 2. The minimum atomic E-state index is -3.46. The van der Waals surface area contributed by atoms with Crippen molar-refractivity contribution in [1.29, 1.82) is 0 Å². The third-order valence-corrected chi connectivity index (χ3v) is 14.9. The van der Waals surface area contributed by atoms with Crippen molar-refractivity contribution >= 4 is 29.5 Å². The normalized spacial score (nSPS) is 23.3. The fourth-order valence-electron chi connectivity index (χ4n) is 4.50. The first-order valence-electron chi connectivity index (χ1n) is 10.4. The van der Waals surface area contributed by atoms with Gasteiger partial charge in [0.25, 0.3) is 0 Å². The summed E-state index contributed by atoms with van der Waals surface area (Å²) in [4.78, 5) is 26.1. The molecule has 6 heteroatoms. The molecule has 0 saturated heterocycles. The molecule has 1 aliphatic heterocycles. The molecule has 0 N–H and O–H groups in total. The molecule has 3 rings (SSSR count). The Balaban J connectivity index is 2.26. The van der Waals surface area contributed by atoms with Crippen LogP contribution in [0.5, 0.6) is 0 Å². The first-order chi connectivity index (χ1) is 13.8. The lowest BCUT2D eigenvalue weighted by Crippen LogP contribution is -2.46. The highest BCUT2D eigenvalue weighted by atomic mass is 32.2. The quantitative estimate of drug-likeness (QED) is 0.268. The van der Waals surface area contributed by atoms with Crippen LogP contribution >= 0.6 is 0 Å². The Morgan fingerprint density at radius 2 is 1.73 bits per heavy atom.